The number of hydrogen-bond acceptors (Lipinski definition) is 4. The maximum atomic E-state index is 11.7. The van der Waals surface area contributed by atoms with Crippen LogP contribution in [0.1, 0.15) is 10.4 Å². The summed E-state index contributed by atoms with van der Waals surface area (Å²) in [7, 11) is 0. The number of hydrogen-bond donors (Lipinski definition) is 2. The minimum atomic E-state index is -0.324. The van der Waals surface area contributed by atoms with Crippen LogP contribution in [0.2, 0.25) is 0 Å². The molecule has 1 amide bonds. The molecule has 0 atom stereocenters. The normalized spacial score (nSPS) is 9.75. The van der Waals surface area contributed by atoms with E-state index < -0.39 is 0 Å². The van der Waals surface area contributed by atoms with Crippen molar-refractivity contribution in [1.82, 2.24) is 9.97 Å². The smallest absolute Gasteiger partial charge is 0.256 e. The lowest BCUT2D eigenvalue weighted by molar-refractivity contribution is 0.102. The first-order valence-electron chi connectivity index (χ1n) is 4.62. The maximum Gasteiger partial charge on any atom is 0.256 e. The summed E-state index contributed by atoms with van der Waals surface area (Å²) in [4.78, 5) is 19.3. The summed E-state index contributed by atoms with van der Waals surface area (Å²) >= 11 is 0. The zero-order valence-corrected chi connectivity index (χ0v) is 8.29. The highest BCUT2D eigenvalue weighted by atomic mass is 16.3. The molecule has 5 nitrogen and oxygen atoms in total. The molecule has 0 saturated heterocycles. The number of anilines is 1. The average Bonchev–Trinajstić information content (AvgIpc) is 2.30. The van der Waals surface area contributed by atoms with Crippen LogP contribution in [-0.4, -0.2) is 21.0 Å². The second-order valence-corrected chi connectivity index (χ2v) is 3.10. The van der Waals surface area contributed by atoms with Crippen LogP contribution in [0.5, 0.6) is 5.75 Å². The van der Waals surface area contributed by atoms with Crippen LogP contribution >= 0.6 is 0 Å². The summed E-state index contributed by atoms with van der Waals surface area (Å²) in [5.41, 5.74) is 0.374. The van der Waals surface area contributed by atoms with Crippen LogP contribution in [0.25, 0.3) is 0 Å². The molecular formula is C11H9N3O2. The van der Waals surface area contributed by atoms with Gasteiger partial charge >= 0.3 is 0 Å². The second kappa shape index (κ2) is 4.39. The fraction of sp³-hybridized carbons (Fsp3) is 0. The molecule has 0 radical (unpaired) electrons. The molecule has 2 rings (SSSR count). The Kier molecular flexibility index (Phi) is 2.77. The molecule has 0 bridgehead atoms. The minimum absolute atomic E-state index is 0.0512. The SMILES string of the molecule is O=C(Nc1ccncn1)c1cccc(O)c1. The summed E-state index contributed by atoms with van der Waals surface area (Å²) in [6, 6.07) is 7.68. The number of aromatic hydroxyl groups is 1. The molecule has 0 aliphatic carbocycles. The van der Waals surface area contributed by atoms with E-state index in [0.717, 1.165) is 0 Å². The van der Waals surface area contributed by atoms with E-state index in [9.17, 15) is 9.90 Å². The Balaban J connectivity index is 2.15. The molecule has 1 heterocycles. The Morgan fingerprint density at radius 3 is 2.88 bits per heavy atom. The van der Waals surface area contributed by atoms with Crippen LogP contribution in [-0.2, 0) is 0 Å². The first-order valence-corrected chi connectivity index (χ1v) is 4.62. The molecule has 80 valence electrons. The van der Waals surface area contributed by atoms with Crippen molar-refractivity contribution in [3.63, 3.8) is 0 Å². The molecule has 0 aliphatic rings. The van der Waals surface area contributed by atoms with Gasteiger partial charge in [0.15, 0.2) is 0 Å². The van der Waals surface area contributed by atoms with E-state index in [4.69, 9.17) is 0 Å². The maximum absolute atomic E-state index is 11.7. The summed E-state index contributed by atoms with van der Waals surface area (Å²) in [6.07, 6.45) is 2.88. The molecule has 2 N–H and O–H groups in total. The van der Waals surface area contributed by atoms with Gasteiger partial charge in [0.2, 0.25) is 0 Å². The lowest BCUT2D eigenvalue weighted by Crippen LogP contribution is -2.12. The van der Waals surface area contributed by atoms with Gasteiger partial charge in [-0.15, -0.1) is 0 Å². The zero-order valence-electron chi connectivity index (χ0n) is 8.29. The van der Waals surface area contributed by atoms with E-state index in [-0.39, 0.29) is 11.7 Å². The van der Waals surface area contributed by atoms with E-state index >= 15 is 0 Å². The predicted octanol–water partition coefficient (Wildman–Crippen LogP) is 1.43. The fourth-order valence-electron chi connectivity index (χ4n) is 1.20. The van der Waals surface area contributed by atoms with Crippen LogP contribution in [0.4, 0.5) is 5.82 Å². The molecule has 0 spiro atoms. The van der Waals surface area contributed by atoms with Crippen molar-refractivity contribution in [2.75, 3.05) is 5.32 Å². The number of phenolic OH excluding ortho intramolecular Hbond substituents is 1. The standard InChI is InChI=1S/C11H9N3O2/c15-9-3-1-2-8(6-9)11(16)14-10-4-5-12-7-13-10/h1-7,15H,(H,12,13,14,16). The molecule has 1 aromatic carbocycles. The van der Waals surface area contributed by atoms with Gasteiger partial charge in [0.05, 0.1) is 0 Å². The largest absolute Gasteiger partial charge is 0.508 e. The van der Waals surface area contributed by atoms with Crippen molar-refractivity contribution >= 4 is 11.7 Å². The third-order valence-corrected chi connectivity index (χ3v) is 1.93. The fourth-order valence-corrected chi connectivity index (χ4v) is 1.20. The van der Waals surface area contributed by atoms with Gasteiger partial charge in [-0.05, 0) is 24.3 Å². The van der Waals surface area contributed by atoms with E-state index in [1.165, 1.54) is 24.7 Å². The first kappa shape index (κ1) is 10.1. The Morgan fingerprint density at radius 1 is 1.31 bits per heavy atom. The van der Waals surface area contributed by atoms with Crippen molar-refractivity contribution in [1.29, 1.82) is 0 Å². The van der Waals surface area contributed by atoms with Gasteiger partial charge in [0.1, 0.15) is 17.9 Å². The third kappa shape index (κ3) is 2.33. The van der Waals surface area contributed by atoms with Gasteiger partial charge in [-0.2, -0.15) is 0 Å². The van der Waals surface area contributed by atoms with Crippen LogP contribution in [0.3, 0.4) is 0 Å². The monoisotopic (exact) mass is 215 g/mol. The number of rotatable bonds is 2. The van der Waals surface area contributed by atoms with E-state index in [0.29, 0.717) is 11.4 Å². The zero-order chi connectivity index (χ0) is 11.4. The Morgan fingerprint density at radius 2 is 2.19 bits per heavy atom. The number of carbonyl (C=O) groups is 1. The van der Waals surface area contributed by atoms with Crippen LogP contribution in [0.15, 0.2) is 42.9 Å². The van der Waals surface area contributed by atoms with Crippen molar-refractivity contribution in [2.24, 2.45) is 0 Å². The number of nitrogens with zero attached hydrogens (tertiary/aromatic N) is 2. The van der Waals surface area contributed by atoms with Crippen LogP contribution in [0, 0.1) is 0 Å². The van der Waals surface area contributed by atoms with Gasteiger partial charge in [-0.3, -0.25) is 4.79 Å². The number of benzene rings is 1. The summed E-state index contributed by atoms with van der Waals surface area (Å²) < 4.78 is 0. The van der Waals surface area contributed by atoms with Crippen molar-refractivity contribution in [3.05, 3.63) is 48.4 Å². The Labute approximate surface area is 91.8 Å². The Bertz CT molecular complexity index is 500. The summed E-state index contributed by atoms with van der Waals surface area (Å²) in [5, 5.41) is 11.8. The number of carbonyl (C=O) groups excluding carboxylic acids is 1. The Hall–Kier alpha value is -2.43. The van der Waals surface area contributed by atoms with Gasteiger partial charge in [0.25, 0.3) is 5.91 Å². The molecule has 0 saturated carbocycles. The summed E-state index contributed by atoms with van der Waals surface area (Å²) in [6.45, 7) is 0. The van der Waals surface area contributed by atoms with Crippen molar-refractivity contribution in [3.8, 4) is 5.75 Å². The molecule has 0 fully saturated rings. The number of aromatic nitrogens is 2. The molecule has 5 heteroatoms. The quantitative estimate of drug-likeness (QED) is 0.794. The lowest BCUT2D eigenvalue weighted by atomic mass is 10.2. The number of phenols is 1. The van der Waals surface area contributed by atoms with Gasteiger partial charge in [-0.1, -0.05) is 6.07 Å². The molecule has 1 aromatic heterocycles. The topological polar surface area (TPSA) is 75.1 Å². The van der Waals surface area contributed by atoms with E-state index in [1.807, 2.05) is 0 Å². The second-order valence-electron chi connectivity index (χ2n) is 3.10. The van der Waals surface area contributed by atoms with Crippen molar-refractivity contribution < 1.29 is 9.90 Å². The highest BCUT2D eigenvalue weighted by Crippen LogP contribution is 2.12. The lowest BCUT2D eigenvalue weighted by Gasteiger charge is -2.03. The first-order chi connectivity index (χ1) is 7.75. The third-order valence-electron chi connectivity index (χ3n) is 1.93. The van der Waals surface area contributed by atoms with E-state index in [1.54, 1.807) is 18.2 Å². The van der Waals surface area contributed by atoms with Crippen LogP contribution < -0.4 is 5.32 Å². The van der Waals surface area contributed by atoms with Gasteiger partial charge in [-0.25, -0.2) is 9.97 Å². The van der Waals surface area contributed by atoms with Gasteiger partial charge < -0.3 is 10.4 Å². The highest BCUT2D eigenvalue weighted by molar-refractivity contribution is 6.03. The summed E-state index contributed by atoms with van der Waals surface area (Å²) in [5.74, 6) is 0.147. The predicted molar refractivity (Wildman–Crippen MR) is 58.1 cm³/mol. The minimum Gasteiger partial charge on any atom is -0.508 e. The molecular weight excluding hydrogens is 206 g/mol. The van der Waals surface area contributed by atoms with E-state index in [2.05, 4.69) is 15.3 Å². The molecule has 0 unspecified atom stereocenters. The number of amides is 1. The molecule has 16 heavy (non-hydrogen) atoms. The average molecular weight is 215 g/mol. The van der Waals surface area contributed by atoms with Gasteiger partial charge in [0, 0.05) is 11.8 Å². The molecule has 0 aliphatic heterocycles. The number of nitrogens with one attached hydrogen (secondary N) is 1. The molecule has 2 aromatic rings. The van der Waals surface area contributed by atoms with Crippen molar-refractivity contribution in [2.45, 2.75) is 0 Å². The highest BCUT2D eigenvalue weighted by Gasteiger charge is 2.06.